The van der Waals surface area contributed by atoms with E-state index in [1.807, 2.05) is 26.5 Å². The van der Waals surface area contributed by atoms with Gasteiger partial charge < -0.3 is 9.64 Å². The highest BCUT2D eigenvalue weighted by Gasteiger charge is 2.23. The van der Waals surface area contributed by atoms with Gasteiger partial charge in [-0.15, -0.1) is 0 Å². The Hall–Kier alpha value is 0.130. The molecule has 0 aromatic carbocycles. The molecule has 0 unspecified atom stereocenters. The number of rotatable bonds is 5. The summed E-state index contributed by atoms with van der Waals surface area (Å²) in [5.74, 6) is 1.62. The topological polar surface area (TPSA) is 29.5 Å². The van der Waals surface area contributed by atoms with Crippen LogP contribution in [-0.4, -0.2) is 47.6 Å². The Morgan fingerprint density at radius 1 is 1.44 bits per heavy atom. The molecule has 2 fully saturated rings. The van der Waals surface area contributed by atoms with E-state index in [9.17, 15) is 4.79 Å². The summed E-state index contributed by atoms with van der Waals surface area (Å²) < 4.78 is 5.36. The molecule has 0 aromatic rings. The summed E-state index contributed by atoms with van der Waals surface area (Å²) in [5, 5.41) is 0.840. The van der Waals surface area contributed by atoms with Crippen LogP contribution in [0.1, 0.15) is 39.0 Å². The van der Waals surface area contributed by atoms with Crippen molar-refractivity contribution in [2.24, 2.45) is 0 Å². The van der Waals surface area contributed by atoms with Crippen molar-refractivity contribution in [3.05, 3.63) is 0 Å². The highest BCUT2D eigenvalue weighted by Crippen LogP contribution is 2.39. The van der Waals surface area contributed by atoms with Crippen molar-refractivity contribution in [3.8, 4) is 0 Å². The average molecular weight is 289 g/mol. The third kappa shape index (κ3) is 4.35. The largest absolute Gasteiger partial charge is 0.377 e. The minimum atomic E-state index is 0.257. The first-order valence-electron chi connectivity index (χ1n) is 6.93. The van der Waals surface area contributed by atoms with E-state index in [0.717, 1.165) is 24.6 Å². The summed E-state index contributed by atoms with van der Waals surface area (Å²) >= 11 is 0. The fraction of sp³-hybridized carbons (Fsp3) is 0.923. The summed E-state index contributed by atoms with van der Waals surface area (Å²) in [4.78, 5) is 14.1. The van der Waals surface area contributed by atoms with Crippen LogP contribution in [0.2, 0.25) is 0 Å². The van der Waals surface area contributed by atoms with Crippen LogP contribution in [-0.2, 0) is 9.53 Å². The fourth-order valence-electron chi connectivity index (χ4n) is 2.45. The third-order valence-corrected chi connectivity index (χ3v) is 6.59. The molecule has 0 bridgehead atoms. The summed E-state index contributed by atoms with van der Waals surface area (Å²) in [7, 11) is 4.03. The number of hydrogen-bond acceptors (Lipinski definition) is 4. The Kier molecular flexibility index (Phi) is 6.18. The van der Waals surface area contributed by atoms with Gasteiger partial charge in [-0.05, 0) is 26.2 Å². The van der Waals surface area contributed by atoms with Gasteiger partial charge in [0.1, 0.15) is 0 Å². The highest BCUT2D eigenvalue weighted by atomic mass is 33.1. The van der Waals surface area contributed by atoms with Crippen molar-refractivity contribution in [1.82, 2.24) is 4.90 Å². The van der Waals surface area contributed by atoms with Crippen molar-refractivity contribution in [2.75, 3.05) is 25.5 Å². The van der Waals surface area contributed by atoms with Crippen molar-refractivity contribution < 1.29 is 9.53 Å². The Morgan fingerprint density at radius 2 is 2.33 bits per heavy atom. The van der Waals surface area contributed by atoms with Gasteiger partial charge >= 0.3 is 0 Å². The molecule has 104 valence electrons. The summed E-state index contributed by atoms with van der Waals surface area (Å²) in [5.41, 5.74) is 0. The monoisotopic (exact) mass is 289 g/mol. The van der Waals surface area contributed by atoms with Gasteiger partial charge in [-0.1, -0.05) is 28.0 Å². The van der Waals surface area contributed by atoms with Crippen molar-refractivity contribution >= 4 is 27.5 Å². The molecule has 2 aliphatic heterocycles. The second-order valence-corrected chi connectivity index (χ2v) is 7.87. The second kappa shape index (κ2) is 7.65. The molecule has 2 heterocycles. The molecular weight excluding hydrogens is 266 g/mol. The molecule has 3 nitrogen and oxygen atoms in total. The molecule has 1 amide bonds. The molecule has 2 aliphatic rings. The number of carbonyl (C=O) groups excluding carboxylic acids is 1. The number of nitrogens with zero attached hydrogens (tertiary/aromatic N) is 1. The molecule has 0 aliphatic carbocycles. The summed E-state index contributed by atoms with van der Waals surface area (Å²) in [6.07, 6.45) is 5.59. The fourth-order valence-corrected chi connectivity index (χ4v) is 5.48. The van der Waals surface area contributed by atoms with Crippen molar-refractivity contribution in [2.45, 2.75) is 50.3 Å². The van der Waals surface area contributed by atoms with E-state index in [4.69, 9.17) is 4.74 Å². The maximum absolute atomic E-state index is 12.1. The smallest absolute Gasteiger partial charge is 0.222 e. The number of hydrogen-bond donors (Lipinski definition) is 0. The van der Waals surface area contributed by atoms with E-state index < -0.39 is 0 Å². The van der Waals surface area contributed by atoms with Crippen LogP contribution in [0.5, 0.6) is 0 Å². The van der Waals surface area contributed by atoms with E-state index in [-0.39, 0.29) is 6.04 Å². The zero-order valence-electron chi connectivity index (χ0n) is 11.1. The SMILES string of the molecule is C[C@@H]1COCCN1C(=O)CCCC[C@@H]1CCSS1. The minimum absolute atomic E-state index is 0.257. The molecular formula is C13H23NO2S2. The molecule has 0 spiro atoms. The van der Waals surface area contributed by atoms with Gasteiger partial charge in [-0.2, -0.15) is 0 Å². The van der Waals surface area contributed by atoms with E-state index in [2.05, 4.69) is 6.92 Å². The van der Waals surface area contributed by atoms with E-state index in [1.165, 1.54) is 25.0 Å². The van der Waals surface area contributed by atoms with E-state index >= 15 is 0 Å². The average Bonchev–Trinajstić information content (AvgIpc) is 2.88. The number of morpholine rings is 1. The number of ether oxygens (including phenoxy) is 1. The zero-order valence-corrected chi connectivity index (χ0v) is 12.7. The van der Waals surface area contributed by atoms with E-state index in [0.29, 0.717) is 19.1 Å². The number of unbranched alkanes of at least 4 members (excludes halogenated alkanes) is 1. The number of carbonyl (C=O) groups is 1. The van der Waals surface area contributed by atoms with Crippen LogP contribution < -0.4 is 0 Å². The Bertz CT molecular complexity index is 270. The first-order valence-corrected chi connectivity index (χ1v) is 9.31. The van der Waals surface area contributed by atoms with Crippen LogP contribution in [0.15, 0.2) is 0 Å². The van der Waals surface area contributed by atoms with Gasteiger partial charge in [0.15, 0.2) is 0 Å². The third-order valence-electron chi connectivity index (χ3n) is 3.58. The lowest BCUT2D eigenvalue weighted by Gasteiger charge is -2.33. The second-order valence-electron chi connectivity index (χ2n) is 5.09. The van der Waals surface area contributed by atoms with Gasteiger partial charge in [-0.25, -0.2) is 0 Å². The maximum atomic E-state index is 12.1. The molecule has 18 heavy (non-hydrogen) atoms. The molecule has 2 saturated heterocycles. The first-order chi connectivity index (χ1) is 8.77. The molecule has 2 rings (SSSR count). The predicted octanol–water partition coefficient (Wildman–Crippen LogP) is 2.95. The Labute approximate surface area is 118 Å². The van der Waals surface area contributed by atoms with Gasteiger partial charge in [0.2, 0.25) is 5.91 Å². The molecule has 0 saturated carbocycles. The number of amides is 1. The van der Waals surface area contributed by atoms with Crippen molar-refractivity contribution in [1.29, 1.82) is 0 Å². The van der Waals surface area contributed by atoms with Crippen molar-refractivity contribution in [3.63, 3.8) is 0 Å². The molecule has 0 aromatic heterocycles. The first kappa shape index (κ1) is 14.5. The molecule has 5 heteroatoms. The van der Waals surface area contributed by atoms with Gasteiger partial charge in [0, 0.05) is 24.0 Å². The quantitative estimate of drug-likeness (QED) is 0.575. The van der Waals surface area contributed by atoms with Crippen LogP contribution in [0.25, 0.3) is 0 Å². The molecule has 0 N–H and O–H groups in total. The van der Waals surface area contributed by atoms with Gasteiger partial charge in [-0.3, -0.25) is 4.79 Å². The van der Waals surface area contributed by atoms with Crippen LogP contribution in [0.4, 0.5) is 0 Å². The molecule has 0 radical (unpaired) electrons. The van der Waals surface area contributed by atoms with Gasteiger partial charge in [0.25, 0.3) is 0 Å². The molecule has 2 atom stereocenters. The van der Waals surface area contributed by atoms with Crippen LogP contribution >= 0.6 is 21.6 Å². The minimum Gasteiger partial charge on any atom is -0.377 e. The standard InChI is InChI=1S/C13H23NO2S2/c1-11-10-16-8-7-14(11)13(15)5-3-2-4-12-6-9-17-18-12/h11-12H,2-10H2,1H3/t11-,12-/m1/s1. The van der Waals surface area contributed by atoms with Crippen LogP contribution in [0, 0.1) is 0 Å². The highest BCUT2D eigenvalue weighted by molar-refractivity contribution is 8.77. The Balaban J connectivity index is 1.58. The maximum Gasteiger partial charge on any atom is 0.222 e. The summed E-state index contributed by atoms with van der Waals surface area (Å²) in [6, 6.07) is 0.257. The Morgan fingerprint density at radius 3 is 3.06 bits per heavy atom. The summed E-state index contributed by atoms with van der Waals surface area (Å²) in [6.45, 7) is 4.24. The normalized spacial score (nSPS) is 28.6. The predicted molar refractivity (Wildman–Crippen MR) is 78.9 cm³/mol. The lowest BCUT2D eigenvalue weighted by Crippen LogP contribution is -2.47. The van der Waals surface area contributed by atoms with E-state index in [1.54, 1.807) is 0 Å². The van der Waals surface area contributed by atoms with Gasteiger partial charge in [0.05, 0.1) is 19.3 Å². The lowest BCUT2D eigenvalue weighted by molar-refractivity contribution is -0.139. The van der Waals surface area contributed by atoms with Crippen LogP contribution in [0.3, 0.4) is 0 Å². The zero-order chi connectivity index (χ0) is 12.8. The lowest BCUT2D eigenvalue weighted by atomic mass is 10.1.